The summed E-state index contributed by atoms with van der Waals surface area (Å²) in [5.41, 5.74) is 2.46. The summed E-state index contributed by atoms with van der Waals surface area (Å²) >= 11 is 9.54. The molecule has 0 unspecified atom stereocenters. The zero-order valence-corrected chi connectivity index (χ0v) is 12.5. The molecule has 2 rings (SSSR count). The maximum Gasteiger partial charge on any atom is 0.0410 e. The number of halogens is 2. The maximum atomic E-state index is 6.00. The SMILES string of the molecule is C[C@@H](NCc1cc(Cl)ccc1Br)c1ccccc1. The third kappa shape index (κ3) is 3.58. The van der Waals surface area contributed by atoms with Crippen LogP contribution in [0.5, 0.6) is 0 Å². The molecule has 0 radical (unpaired) electrons. The van der Waals surface area contributed by atoms with Gasteiger partial charge in [-0.2, -0.15) is 0 Å². The van der Waals surface area contributed by atoms with Crippen LogP contribution in [-0.4, -0.2) is 0 Å². The second-order valence-corrected chi connectivity index (χ2v) is 5.54. The van der Waals surface area contributed by atoms with Crippen molar-refractivity contribution in [2.75, 3.05) is 0 Å². The molecule has 1 N–H and O–H groups in total. The number of rotatable bonds is 4. The molecule has 1 atom stereocenters. The molecule has 0 saturated carbocycles. The molecule has 2 aromatic rings. The van der Waals surface area contributed by atoms with Gasteiger partial charge in [-0.15, -0.1) is 0 Å². The van der Waals surface area contributed by atoms with E-state index in [1.807, 2.05) is 24.3 Å². The minimum atomic E-state index is 0.317. The Bertz CT molecular complexity index is 513. The lowest BCUT2D eigenvalue weighted by Crippen LogP contribution is -2.18. The fourth-order valence-corrected chi connectivity index (χ4v) is 2.38. The first-order chi connectivity index (χ1) is 8.66. The van der Waals surface area contributed by atoms with Gasteiger partial charge in [0.25, 0.3) is 0 Å². The van der Waals surface area contributed by atoms with E-state index in [0.29, 0.717) is 6.04 Å². The average molecular weight is 325 g/mol. The number of benzene rings is 2. The topological polar surface area (TPSA) is 12.0 Å². The van der Waals surface area contributed by atoms with E-state index < -0.39 is 0 Å². The highest BCUT2D eigenvalue weighted by atomic mass is 79.9. The van der Waals surface area contributed by atoms with Gasteiger partial charge in [0.2, 0.25) is 0 Å². The number of hydrogen-bond donors (Lipinski definition) is 1. The summed E-state index contributed by atoms with van der Waals surface area (Å²) in [6.07, 6.45) is 0. The van der Waals surface area contributed by atoms with E-state index in [9.17, 15) is 0 Å². The Kier molecular flexibility index (Phi) is 4.81. The average Bonchev–Trinajstić information content (AvgIpc) is 2.40. The van der Waals surface area contributed by atoms with Crippen LogP contribution in [0.2, 0.25) is 5.02 Å². The lowest BCUT2D eigenvalue weighted by atomic mass is 10.1. The largest absolute Gasteiger partial charge is 0.306 e. The molecule has 94 valence electrons. The Hall–Kier alpha value is -0.830. The van der Waals surface area contributed by atoms with Crippen molar-refractivity contribution in [1.29, 1.82) is 0 Å². The van der Waals surface area contributed by atoms with E-state index in [2.05, 4.69) is 52.4 Å². The Morgan fingerprint density at radius 1 is 1.17 bits per heavy atom. The van der Waals surface area contributed by atoms with Crippen molar-refractivity contribution in [2.45, 2.75) is 19.5 Å². The molecule has 1 nitrogen and oxygen atoms in total. The van der Waals surface area contributed by atoms with Crippen LogP contribution in [0.3, 0.4) is 0 Å². The maximum absolute atomic E-state index is 6.00. The Labute approximate surface area is 121 Å². The summed E-state index contributed by atoms with van der Waals surface area (Å²) in [4.78, 5) is 0. The summed E-state index contributed by atoms with van der Waals surface area (Å²) in [6.45, 7) is 2.95. The van der Waals surface area contributed by atoms with E-state index in [-0.39, 0.29) is 0 Å². The molecule has 0 heterocycles. The van der Waals surface area contributed by atoms with Crippen molar-refractivity contribution < 1.29 is 0 Å². The first-order valence-electron chi connectivity index (χ1n) is 5.89. The van der Waals surface area contributed by atoms with E-state index in [0.717, 1.165) is 16.0 Å². The Morgan fingerprint density at radius 3 is 2.61 bits per heavy atom. The monoisotopic (exact) mass is 323 g/mol. The van der Waals surface area contributed by atoms with Gasteiger partial charge in [0.1, 0.15) is 0 Å². The van der Waals surface area contributed by atoms with Crippen molar-refractivity contribution in [2.24, 2.45) is 0 Å². The summed E-state index contributed by atoms with van der Waals surface area (Å²) < 4.78 is 1.08. The molecule has 0 aliphatic rings. The molecular formula is C15H15BrClN. The van der Waals surface area contributed by atoms with Crippen LogP contribution in [0.1, 0.15) is 24.1 Å². The highest BCUT2D eigenvalue weighted by Crippen LogP contribution is 2.22. The summed E-state index contributed by atoms with van der Waals surface area (Å²) in [5.74, 6) is 0. The molecular weight excluding hydrogens is 310 g/mol. The van der Waals surface area contributed by atoms with Crippen LogP contribution in [0.25, 0.3) is 0 Å². The van der Waals surface area contributed by atoms with Gasteiger partial charge in [-0.1, -0.05) is 57.9 Å². The zero-order chi connectivity index (χ0) is 13.0. The third-order valence-corrected chi connectivity index (χ3v) is 3.91. The molecule has 0 amide bonds. The van der Waals surface area contributed by atoms with Crippen LogP contribution in [0.15, 0.2) is 53.0 Å². The molecule has 3 heteroatoms. The lowest BCUT2D eigenvalue weighted by molar-refractivity contribution is 0.574. The van der Waals surface area contributed by atoms with E-state index in [1.54, 1.807) is 0 Å². The standard InChI is InChI=1S/C15H15BrClN/c1-11(12-5-3-2-4-6-12)18-10-13-9-14(17)7-8-15(13)16/h2-9,11,18H,10H2,1H3/t11-/m1/s1. The minimum Gasteiger partial charge on any atom is -0.306 e. The molecule has 2 aromatic carbocycles. The normalized spacial score (nSPS) is 12.4. The van der Waals surface area contributed by atoms with Gasteiger partial charge in [0.15, 0.2) is 0 Å². The van der Waals surface area contributed by atoms with Crippen molar-refractivity contribution in [1.82, 2.24) is 5.32 Å². The fraction of sp³-hybridized carbons (Fsp3) is 0.200. The van der Waals surface area contributed by atoms with E-state index >= 15 is 0 Å². The molecule has 0 saturated heterocycles. The van der Waals surface area contributed by atoms with Gasteiger partial charge in [0, 0.05) is 22.1 Å². The molecule has 0 aliphatic carbocycles. The molecule has 0 bridgehead atoms. The summed E-state index contributed by atoms with van der Waals surface area (Å²) in [5, 5.41) is 4.26. The smallest absolute Gasteiger partial charge is 0.0410 e. The highest BCUT2D eigenvalue weighted by Gasteiger charge is 2.06. The second-order valence-electron chi connectivity index (χ2n) is 4.25. The van der Waals surface area contributed by atoms with E-state index in [4.69, 9.17) is 11.6 Å². The van der Waals surface area contributed by atoms with Crippen molar-refractivity contribution >= 4 is 27.5 Å². The van der Waals surface area contributed by atoms with Crippen molar-refractivity contribution in [3.8, 4) is 0 Å². The van der Waals surface area contributed by atoms with Gasteiger partial charge in [-0.05, 0) is 36.2 Å². The first kappa shape index (κ1) is 13.6. The van der Waals surface area contributed by atoms with Crippen LogP contribution < -0.4 is 5.32 Å². The minimum absolute atomic E-state index is 0.317. The van der Waals surface area contributed by atoms with Gasteiger partial charge in [0.05, 0.1) is 0 Å². The quantitative estimate of drug-likeness (QED) is 0.838. The van der Waals surface area contributed by atoms with Crippen LogP contribution in [-0.2, 0) is 6.54 Å². The molecule has 0 spiro atoms. The predicted molar refractivity (Wildman–Crippen MR) is 80.8 cm³/mol. The van der Waals surface area contributed by atoms with Gasteiger partial charge < -0.3 is 5.32 Å². The fourth-order valence-electron chi connectivity index (χ4n) is 1.80. The third-order valence-electron chi connectivity index (χ3n) is 2.91. The van der Waals surface area contributed by atoms with Crippen LogP contribution >= 0.6 is 27.5 Å². The lowest BCUT2D eigenvalue weighted by Gasteiger charge is -2.15. The highest BCUT2D eigenvalue weighted by molar-refractivity contribution is 9.10. The number of nitrogens with one attached hydrogen (secondary N) is 1. The molecule has 18 heavy (non-hydrogen) atoms. The second kappa shape index (κ2) is 6.37. The molecule has 0 fully saturated rings. The number of hydrogen-bond acceptors (Lipinski definition) is 1. The van der Waals surface area contributed by atoms with E-state index in [1.165, 1.54) is 11.1 Å². The van der Waals surface area contributed by atoms with Gasteiger partial charge in [-0.25, -0.2) is 0 Å². The molecule has 0 aliphatic heterocycles. The molecule has 0 aromatic heterocycles. The summed E-state index contributed by atoms with van der Waals surface area (Å²) in [7, 11) is 0. The first-order valence-corrected chi connectivity index (χ1v) is 7.06. The van der Waals surface area contributed by atoms with Crippen LogP contribution in [0, 0.1) is 0 Å². The van der Waals surface area contributed by atoms with Gasteiger partial charge >= 0.3 is 0 Å². The Morgan fingerprint density at radius 2 is 1.89 bits per heavy atom. The van der Waals surface area contributed by atoms with Crippen molar-refractivity contribution in [3.63, 3.8) is 0 Å². The summed E-state index contributed by atoms with van der Waals surface area (Å²) in [6, 6.07) is 16.6. The van der Waals surface area contributed by atoms with Crippen molar-refractivity contribution in [3.05, 3.63) is 69.2 Å². The Balaban J connectivity index is 2.01. The van der Waals surface area contributed by atoms with Crippen LogP contribution in [0.4, 0.5) is 0 Å². The van der Waals surface area contributed by atoms with Gasteiger partial charge in [-0.3, -0.25) is 0 Å². The predicted octanol–water partition coefficient (Wildman–Crippen LogP) is 4.95. The zero-order valence-electron chi connectivity index (χ0n) is 10.2.